The number of carbonyl (C=O) groups excluding carboxylic acids is 1. The fraction of sp³-hybridized carbons (Fsp3) is 0.900. The summed E-state index contributed by atoms with van der Waals surface area (Å²) in [4.78, 5) is 11.9. The topological polar surface area (TPSA) is 86.5 Å². The van der Waals surface area contributed by atoms with E-state index in [0.717, 1.165) is 0 Å². The number of ether oxygens (including phenoxy) is 1. The first kappa shape index (κ1) is 13.4. The van der Waals surface area contributed by atoms with E-state index in [1.54, 1.807) is 20.8 Å². The predicted molar refractivity (Wildman–Crippen MR) is 60.7 cm³/mol. The van der Waals surface area contributed by atoms with Crippen molar-refractivity contribution in [3.8, 4) is 0 Å². The van der Waals surface area contributed by atoms with Crippen LogP contribution in [0.15, 0.2) is 0 Å². The van der Waals surface area contributed by atoms with E-state index < -0.39 is 26.2 Å². The van der Waals surface area contributed by atoms with E-state index >= 15 is 0 Å². The molecule has 0 amide bonds. The van der Waals surface area contributed by atoms with E-state index in [1.165, 1.54) is 0 Å². The lowest BCUT2D eigenvalue weighted by molar-refractivity contribution is -0.157. The van der Waals surface area contributed by atoms with E-state index in [1.807, 2.05) is 0 Å². The fourth-order valence-corrected chi connectivity index (χ4v) is 3.73. The normalized spacial score (nSPS) is 29.0. The van der Waals surface area contributed by atoms with Crippen molar-refractivity contribution in [1.29, 1.82) is 0 Å². The summed E-state index contributed by atoms with van der Waals surface area (Å²) in [6.45, 7) is 4.91. The Labute approximate surface area is 96.3 Å². The molecule has 1 aliphatic heterocycles. The monoisotopic (exact) mass is 249 g/mol. The van der Waals surface area contributed by atoms with Crippen LogP contribution in [0.4, 0.5) is 0 Å². The number of rotatable bonds is 2. The zero-order chi connectivity index (χ0) is 12.6. The highest BCUT2D eigenvalue weighted by Crippen LogP contribution is 2.33. The molecule has 0 aliphatic carbocycles. The quantitative estimate of drug-likeness (QED) is 0.708. The van der Waals surface area contributed by atoms with Gasteiger partial charge in [0.05, 0.1) is 5.75 Å². The first-order valence-electron chi connectivity index (χ1n) is 5.30. The molecule has 2 N–H and O–H groups in total. The van der Waals surface area contributed by atoms with Crippen LogP contribution in [0, 0.1) is 0 Å². The lowest BCUT2D eigenvalue weighted by Gasteiger charge is -2.29. The van der Waals surface area contributed by atoms with Crippen molar-refractivity contribution in [2.24, 2.45) is 5.73 Å². The van der Waals surface area contributed by atoms with Crippen LogP contribution < -0.4 is 5.73 Å². The van der Waals surface area contributed by atoms with Gasteiger partial charge in [0.2, 0.25) is 0 Å². The number of nitrogens with two attached hydrogens (primary N) is 1. The molecule has 0 saturated carbocycles. The third-order valence-corrected chi connectivity index (χ3v) is 5.24. The van der Waals surface area contributed by atoms with Gasteiger partial charge in [0.15, 0.2) is 14.6 Å². The predicted octanol–water partition coefficient (Wildman–Crippen LogP) is 0.234. The molecule has 1 saturated heterocycles. The van der Waals surface area contributed by atoms with Crippen LogP contribution >= 0.6 is 0 Å². The largest absolute Gasteiger partial charge is 0.459 e. The lowest BCUT2D eigenvalue weighted by Crippen LogP contribution is -2.52. The summed E-state index contributed by atoms with van der Waals surface area (Å²) in [6.07, 6.45) is 0.736. The molecule has 6 heteroatoms. The molecule has 1 aliphatic rings. The van der Waals surface area contributed by atoms with Crippen LogP contribution in [0.3, 0.4) is 0 Å². The fourth-order valence-electron chi connectivity index (χ4n) is 1.81. The molecule has 1 fully saturated rings. The third-order valence-electron chi connectivity index (χ3n) is 2.69. The number of hydrogen-bond donors (Lipinski definition) is 1. The molecule has 5 nitrogen and oxygen atoms in total. The second-order valence-electron chi connectivity index (χ2n) is 5.12. The molecular weight excluding hydrogens is 230 g/mol. The molecule has 0 spiro atoms. The van der Waals surface area contributed by atoms with Crippen LogP contribution in [-0.4, -0.2) is 37.0 Å². The number of hydrogen-bond acceptors (Lipinski definition) is 5. The molecule has 16 heavy (non-hydrogen) atoms. The van der Waals surface area contributed by atoms with E-state index in [9.17, 15) is 13.2 Å². The maximum atomic E-state index is 11.9. The maximum Gasteiger partial charge on any atom is 0.329 e. The smallest absolute Gasteiger partial charge is 0.329 e. The maximum absolute atomic E-state index is 11.9. The number of esters is 1. The first-order valence-corrected chi connectivity index (χ1v) is 6.96. The van der Waals surface area contributed by atoms with Gasteiger partial charge < -0.3 is 10.5 Å². The molecule has 0 aromatic carbocycles. The van der Waals surface area contributed by atoms with Crippen LogP contribution in [0.1, 0.15) is 33.6 Å². The van der Waals surface area contributed by atoms with Gasteiger partial charge in [-0.2, -0.15) is 0 Å². The second kappa shape index (κ2) is 4.00. The van der Waals surface area contributed by atoms with Gasteiger partial charge in [-0.15, -0.1) is 0 Å². The zero-order valence-electron chi connectivity index (χ0n) is 9.95. The summed E-state index contributed by atoms with van der Waals surface area (Å²) in [5, 5.41) is 0. The van der Waals surface area contributed by atoms with Crippen LogP contribution in [0.5, 0.6) is 0 Å². The van der Waals surface area contributed by atoms with E-state index in [2.05, 4.69) is 0 Å². The van der Waals surface area contributed by atoms with Crippen molar-refractivity contribution in [2.75, 3.05) is 12.3 Å². The van der Waals surface area contributed by atoms with Crippen molar-refractivity contribution >= 4 is 15.8 Å². The van der Waals surface area contributed by atoms with Crippen LogP contribution in [0.25, 0.3) is 0 Å². The van der Waals surface area contributed by atoms with Gasteiger partial charge in [0.25, 0.3) is 0 Å². The van der Waals surface area contributed by atoms with Crippen molar-refractivity contribution in [3.63, 3.8) is 0 Å². The third kappa shape index (κ3) is 2.22. The Bertz CT molecular complexity index is 382. The van der Waals surface area contributed by atoms with Crippen molar-refractivity contribution < 1.29 is 17.9 Å². The molecule has 1 unspecified atom stereocenters. The Morgan fingerprint density at radius 1 is 1.44 bits per heavy atom. The lowest BCUT2D eigenvalue weighted by atomic mass is 10.0. The van der Waals surface area contributed by atoms with Gasteiger partial charge in [-0.1, -0.05) is 0 Å². The summed E-state index contributed by atoms with van der Waals surface area (Å²) in [5.41, 5.74) is 4.79. The minimum absolute atomic E-state index is 0.0173. The average Bonchev–Trinajstić information content (AvgIpc) is 2.38. The first-order chi connectivity index (χ1) is 7.15. The average molecular weight is 249 g/mol. The molecule has 1 heterocycles. The van der Waals surface area contributed by atoms with Gasteiger partial charge in [-0.3, -0.25) is 4.79 Å². The standard InChI is InChI=1S/C10H19NO4S/c1-9(2,3)15-8(12)10(7-11)5-4-6-16(10,13)14/h4-7,11H2,1-3H3. The molecule has 0 bridgehead atoms. The number of sulfone groups is 1. The van der Waals surface area contributed by atoms with Gasteiger partial charge in [-0.25, -0.2) is 8.42 Å². The zero-order valence-corrected chi connectivity index (χ0v) is 10.8. The van der Waals surface area contributed by atoms with Crippen molar-refractivity contribution in [3.05, 3.63) is 0 Å². The summed E-state index contributed by atoms with van der Waals surface area (Å²) >= 11 is 0. The summed E-state index contributed by atoms with van der Waals surface area (Å²) < 4.78 is 27.4. The van der Waals surface area contributed by atoms with Crippen LogP contribution in [-0.2, 0) is 19.4 Å². The number of carbonyl (C=O) groups is 1. The summed E-state index contributed by atoms with van der Waals surface area (Å²) in [5.74, 6) is -0.691. The van der Waals surface area contributed by atoms with Crippen molar-refractivity contribution in [1.82, 2.24) is 0 Å². The molecule has 0 aromatic rings. The molecule has 0 radical (unpaired) electrons. The molecule has 1 atom stereocenters. The van der Waals surface area contributed by atoms with Gasteiger partial charge in [0, 0.05) is 6.54 Å². The second-order valence-corrected chi connectivity index (χ2v) is 7.54. The summed E-state index contributed by atoms with van der Waals surface area (Å²) in [7, 11) is -3.47. The van der Waals surface area contributed by atoms with Gasteiger partial charge in [-0.05, 0) is 33.6 Å². The molecule has 94 valence electrons. The van der Waals surface area contributed by atoms with E-state index in [0.29, 0.717) is 6.42 Å². The Hall–Kier alpha value is -0.620. The highest BCUT2D eigenvalue weighted by molar-refractivity contribution is 7.93. The minimum Gasteiger partial charge on any atom is -0.459 e. The van der Waals surface area contributed by atoms with Crippen LogP contribution in [0.2, 0.25) is 0 Å². The van der Waals surface area contributed by atoms with Gasteiger partial charge in [0.1, 0.15) is 5.60 Å². The Morgan fingerprint density at radius 2 is 2.00 bits per heavy atom. The SMILES string of the molecule is CC(C)(C)OC(=O)C1(CN)CCCS1(=O)=O. The van der Waals surface area contributed by atoms with Gasteiger partial charge >= 0.3 is 5.97 Å². The Morgan fingerprint density at radius 3 is 2.31 bits per heavy atom. The Kier molecular flexibility index (Phi) is 3.36. The summed E-state index contributed by atoms with van der Waals surface area (Å²) in [6, 6.07) is 0. The Balaban J connectivity index is 3.03. The highest BCUT2D eigenvalue weighted by Gasteiger charge is 2.54. The van der Waals surface area contributed by atoms with E-state index in [4.69, 9.17) is 10.5 Å². The van der Waals surface area contributed by atoms with E-state index in [-0.39, 0.29) is 18.7 Å². The minimum atomic E-state index is -3.47. The van der Waals surface area contributed by atoms with Crippen molar-refractivity contribution in [2.45, 2.75) is 44.0 Å². The molecular formula is C10H19NO4S. The molecule has 1 rings (SSSR count). The highest BCUT2D eigenvalue weighted by atomic mass is 32.2. The molecule has 0 aromatic heterocycles.